The minimum Gasteiger partial charge on any atom is -0.461 e. The van der Waals surface area contributed by atoms with Crippen LogP contribution in [-0.4, -0.2) is 41.2 Å². The van der Waals surface area contributed by atoms with Gasteiger partial charge in [0.2, 0.25) is 5.91 Å². The van der Waals surface area contributed by atoms with Crippen LogP contribution in [0.25, 0.3) is 17.3 Å². The van der Waals surface area contributed by atoms with E-state index >= 15 is 0 Å². The van der Waals surface area contributed by atoms with Crippen LogP contribution in [0.4, 0.5) is 5.69 Å². The van der Waals surface area contributed by atoms with E-state index in [1.54, 1.807) is 41.5 Å². The Balaban J connectivity index is 1.47. The van der Waals surface area contributed by atoms with E-state index < -0.39 is 0 Å². The van der Waals surface area contributed by atoms with Crippen LogP contribution in [-0.2, 0) is 11.3 Å². The van der Waals surface area contributed by atoms with Gasteiger partial charge in [0.1, 0.15) is 12.7 Å². The molecular weight excluding hydrogens is 414 g/mol. The van der Waals surface area contributed by atoms with E-state index in [-0.39, 0.29) is 11.7 Å². The van der Waals surface area contributed by atoms with Gasteiger partial charge in [0, 0.05) is 11.6 Å². The fourth-order valence-electron chi connectivity index (χ4n) is 2.73. The molecule has 4 rings (SSSR count). The molecule has 0 saturated carbocycles. The number of rotatable bonds is 7. The Hall–Kier alpha value is -3.11. The van der Waals surface area contributed by atoms with Crippen molar-refractivity contribution in [1.82, 2.24) is 29.5 Å². The second-order valence-electron chi connectivity index (χ2n) is 5.87. The molecule has 3 aromatic heterocycles. The van der Waals surface area contributed by atoms with E-state index in [1.165, 1.54) is 18.1 Å². The first kappa shape index (κ1) is 19.2. The number of aromatic nitrogens is 6. The van der Waals surface area contributed by atoms with Crippen LogP contribution < -0.4 is 5.32 Å². The summed E-state index contributed by atoms with van der Waals surface area (Å²) >= 11 is 7.39. The van der Waals surface area contributed by atoms with Gasteiger partial charge >= 0.3 is 0 Å². The van der Waals surface area contributed by atoms with Crippen LogP contribution in [0.5, 0.6) is 0 Å². The SMILES string of the molecule is CCn1c(SCC(=O)Nc2cc(Cl)ccc2-n2cncn2)nnc1-c1ccco1. The largest absolute Gasteiger partial charge is 0.461 e. The maximum Gasteiger partial charge on any atom is 0.234 e. The highest BCUT2D eigenvalue weighted by molar-refractivity contribution is 7.99. The number of thioether (sulfide) groups is 1. The molecule has 0 spiro atoms. The van der Waals surface area contributed by atoms with Gasteiger partial charge in [-0.25, -0.2) is 9.67 Å². The average Bonchev–Trinajstić information content (AvgIpc) is 3.47. The molecule has 1 N–H and O–H groups in total. The van der Waals surface area contributed by atoms with E-state index in [4.69, 9.17) is 16.0 Å². The maximum absolute atomic E-state index is 12.6. The van der Waals surface area contributed by atoms with Gasteiger partial charge in [0.05, 0.1) is 23.4 Å². The highest BCUT2D eigenvalue weighted by atomic mass is 35.5. The van der Waals surface area contributed by atoms with Gasteiger partial charge in [-0.1, -0.05) is 23.4 Å². The summed E-state index contributed by atoms with van der Waals surface area (Å²) in [5.74, 6) is 1.21. The molecule has 0 aliphatic carbocycles. The summed E-state index contributed by atoms with van der Waals surface area (Å²) in [7, 11) is 0. The lowest BCUT2D eigenvalue weighted by atomic mass is 10.2. The molecule has 3 heterocycles. The highest BCUT2D eigenvalue weighted by Crippen LogP contribution is 2.26. The molecule has 29 heavy (non-hydrogen) atoms. The predicted octanol–water partition coefficient (Wildman–Crippen LogP) is 3.52. The van der Waals surface area contributed by atoms with Crippen LogP contribution in [0.3, 0.4) is 0 Å². The van der Waals surface area contributed by atoms with Crippen molar-refractivity contribution in [3.8, 4) is 17.3 Å². The van der Waals surface area contributed by atoms with Crippen molar-refractivity contribution in [1.29, 1.82) is 0 Å². The summed E-state index contributed by atoms with van der Waals surface area (Å²) in [5.41, 5.74) is 1.21. The van der Waals surface area contributed by atoms with E-state index in [0.717, 1.165) is 0 Å². The molecular formula is C18H16ClN7O2S. The monoisotopic (exact) mass is 429 g/mol. The lowest BCUT2D eigenvalue weighted by molar-refractivity contribution is -0.113. The molecule has 0 unspecified atom stereocenters. The van der Waals surface area contributed by atoms with E-state index in [2.05, 4.69) is 25.6 Å². The van der Waals surface area contributed by atoms with Crippen LogP contribution in [0.15, 0.2) is 58.8 Å². The maximum atomic E-state index is 12.6. The Morgan fingerprint density at radius 1 is 1.31 bits per heavy atom. The first-order chi connectivity index (χ1) is 14.2. The number of benzene rings is 1. The first-order valence-corrected chi connectivity index (χ1v) is 10.1. The van der Waals surface area contributed by atoms with Crippen molar-refractivity contribution in [2.24, 2.45) is 0 Å². The number of hydrogen-bond acceptors (Lipinski definition) is 7. The third-order valence-electron chi connectivity index (χ3n) is 4.01. The Morgan fingerprint density at radius 3 is 2.93 bits per heavy atom. The normalized spacial score (nSPS) is 11.0. The Kier molecular flexibility index (Phi) is 5.63. The van der Waals surface area contributed by atoms with Crippen molar-refractivity contribution >= 4 is 35.0 Å². The van der Waals surface area contributed by atoms with E-state index in [1.807, 2.05) is 17.6 Å². The number of carbonyl (C=O) groups is 1. The molecule has 11 heteroatoms. The molecule has 0 bridgehead atoms. The van der Waals surface area contributed by atoms with Gasteiger partial charge in [-0.3, -0.25) is 9.36 Å². The van der Waals surface area contributed by atoms with Crippen LogP contribution in [0, 0.1) is 0 Å². The minimum absolute atomic E-state index is 0.152. The van der Waals surface area contributed by atoms with Crippen LogP contribution in [0.1, 0.15) is 6.92 Å². The zero-order valence-electron chi connectivity index (χ0n) is 15.3. The van der Waals surface area contributed by atoms with E-state index in [9.17, 15) is 4.79 Å². The molecule has 0 fully saturated rings. The second kappa shape index (κ2) is 8.50. The molecule has 0 radical (unpaired) electrons. The van der Waals surface area contributed by atoms with E-state index in [0.29, 0.717) is 39.7 Å². The number of anilines is 1. The standard InChI is InChI=1S/C18H16ClN7O2S/c1-2-25-17(15-4-3-7-28-15)23-24-18(25)29-9-16(27)22-13-8-12(19)5-6-14(13)26-11-20-10-21-26/h3-8,10-11H,2,9H2,1H3,(H,22,27). The summed E-state index contributed by atoms with van der Waals surface area (Å²) in [6, 6.07) is 8.78. The first-order valence-electron chi connectivity index (χ1n) is 8.70. The quantitative estimate of drug-likeness (QED) is 0.448. The summed E-state index contributed by atoms with van der Waals surface area (Å²) in [4.78, 5) is 16.5. The second-order valence-corrected chi connectivity index (χ2v) is 7.25. The van der Waals surface area contributed by atoms with Gasteiger partial charge < -0.3 is 9.73 Å². The lowest BCUT2D eigenvalue weighted by Crippen LogP contribution is -2.16. The third kappa shape index (κ3) is 4.17. The fraction of sp³-hybridized carbons (Fsp3) is 0.167. The van der Waals surface area contributed by atoms with Gasteiger partial charge in [-0.05, 0) is 37.3 Å². The van der Waals surface area contributed by atoms with Crippen molar-refractivity contribution in [3.63, 3.8) is 0 Å². The summed E-state index contributed by atoms with van der Waals surface area (Å²) in [5, 5.41) is 16.5. The Bertz CT molecular complexity index is 1110. The van der Waals surface area contributed by atoms with Crippen molar-refractivity contribution < 1.29 is 9.21 Å². The van der Waals surface area contributed by atoms with Gasteiger partial charge in [0.15, 0.2) is 16.7 Å². The summed E-state index contributed by atoms with van der Waals surface area (Å²) in [6.07, 6.45) is 4.56. The van der Waals surface area contributed by atoms with Gasteiger partial charge in [-0.15, -0.1) is 10.2 Å². The zero-order chi connectivity index (χ0) is 20.2. The molecule has 9 nitrogen and oxygen atoms in total. The highest BCUT2D eigenvalue weighted by Gasteiger charge is 2.17. The van der Waals surface area contributed by atoms with Crippen molar-refractivity contribution in [2.75, 3.05) is 11.1 Å². The zero-order valence-corrected chi connectivity index (χ0v) is 16.9. The Morgan fingerprint density at radius 2 is 2.21 bits per heavy atom. The third-order valence-corrected chi connectivity index (χ3v) is 5.21. The number of nitrogens with one attached hydrogen (secondary N) is 1. The Labute approximate surface area is 175 Å². The molecule has 4 aromatic rings. The number of furan rings is 1. The van der Waals surface area contributed by atoms with Crippen LogP contribution >= 0.6 is 23.4 Å². The number of halogens is 1. The number of amides is 1. The summed E-state index contributed by atoms with van der Waals surface area (Å²) in [6.45, 7) is 2.63. The van der Waals surface area contributed by atoms with Gasteiger partial charge in [-0.2, -0.15) is 5.10 Å². The molecule has 0 aliphatic rings. The minimum atomic E-state index is -0.205. The summed E-state index contributed by atoms with van der Waals surface area (Å²) < 4.78 is 8.86. The smallest absolute Gasteiger partial charge is 0.234 e. The van der Waals surface area contributed by atoms with Gasteiger partial charge in [0.25, 0.3) is 0 Å². The molecule has 148 valence electrons. The lowest BCUT2D eigenvalue weighted by Gasteiger charge is -2.11. The number of carbonyl (C=O) groups excluding carboxylic acids is 1. The fourth-order valence-corrected chi connectivity index (χ4v) is 3.70. The molecule has 0 aliphatic heterocycles. The van der Waals surface area contributed by atoms with Crippen LogP contribution in [0.2, 0.25) is 5.02 Å². The van der Waals surface area contributed by atoms with Crippen molar-refractivity contribution in [2.45, 2.75) is 18.6 Å². The van der Waals surface area contributed by atoms with Crippen molar-refractivity contribution in [3.05, 3.63) is 54.3 Å². The molecule has 0 atom stereocenters. The number of hydrogen-bond donors (Lipinski definition) is 1. The topological polar surface area (TPSA) is 104 Å². The molecule has 0 saturated heterocycles. The average molecular weight is 430 g/mol. The molecule has 1 amide bonds. The number of nitrogens with zero attached hydrogens (tertiary/aromatic N) is 6. The predicted molar refractivity (Wildman–Crippen MR) is 109 cm³/mol. The molecule has 1 aromatic carbocycles.